The second-order valence-electron chi connectivity index (χ2n) is 6.87. The molecule has 2 amide bonds. The summed E-state index contributed by atoms with van der Waals surface area (Å²) in [5.74, 6) is -0.154. The third kappa shape index (κ3) is 6.75. The topological polar surface area (TPSA) is 66.6 Å². The summed E-state index contributed by atoms with van der Waals surface area (Å²) in [6, 6.07) is 6.16. The van der Waals surface area contributed by atoms with Crippen molar-refractivity contribution >= 4 is 11.8 Å². The van der Waals surface area contributed by atoms with E-state index in [-0.39, 0.29) is 24.1 Å². The molecule has 1 aliphatic heterocycles. The van der Waals surface area contributed by atoms with Crippen LogP contribution in [0.2, 0.25) is 0 Å². The maximum atomic E-state index is 13.3. The zero-order valence-electron chi connectivity index (χ0n) is 15.5. The summed E-state index contributed by atoms with van der Waals surface area (Å²) >= 11 is 0. The highest BCUT2D eigenvalue weighted by Gasteiger charge is 2.21. The van der Waals surface area contributed by atoms with Gasteiger partial charge in [-0.05, 0) is 43.5 Å². The lowest BCUT2D eigenvalue weighted by molar-refractivity contribution is -0.133. The van der Waals surface area contributed by atoms with E-state index in [1.807, 2.05) is 4.90 Å². The Morgan fingerprint density at radius 2 is 1.65 bits per heavy atom. The van der Waals surface area contributed by atoms with Gasteiger partial charge in [0.25, 0.3) is 0 Å². The average molecular weight is 363 g/mol. The molecule has 6 heteroatoms. The molecule has 1 heterocycles. The molecule has 1 aromatic rings. The maximum absolute atomic E-state index is 13.3. The Kier molecular flexibility index (Phi) is 8.54. The molecule has 1 aromatic carbocycles. The van der Waals surface area contributed by atoms with Crippen molar-refractivity contribution in [2.45, 2.75) is 44.9 Å². The fraction of sp³-hybridized carbons (Fsp3) is 0.600. The van der Waals surface area contributed by atoms with Gasteiger partial charge in [-0.25, -0.2) is 4.39 Å². The maximum Gasteiger partial charge on any atom is 0.227 e. The van der Waals surface area contributed by atoms with Gasteiger partial charge in [0, 0.05) is 32.6 Å². The molecule has 5 nitrogen and oxygen atoms in total. The molecule has 2 N–H and O–H groups in total. The summed E-state index contributed by atoms with van der Waals surface area (Å²) in [6.45, 7) is 3.18. The summed E-state index contributed by atoms with van der Waals surface area (Å²) in [7, 11) is 0. The number of hydrogen-bond acceptors (Lipinski definition) is 3. The summed E-state index contributed by atoms with van der Waals surface area (Å²) in [4.78, 5) is 28.5. The monoisotopic (exact) mass is 363 g/mol. The van der Waals surface area contributed by atoms with Crippen molar-refractivity contribution in [1.29, 1.82) is 0 Å². The highest BCUT2D eigenvalue weighted by Crippen LogP contribution is 2.11. The van der Waals surface area contributed by atoms with Gasteiger partial charge in [0.1, 0.15) is 5.82 Å². The van der Waals surface area contributed by atoms with E-state index in [4.69, 9.17) is 5.73 Å². The van der Waals surface area contributed by atoms with Crippen LogP contribution in [-0.4, -0.2) is 54.3 Å². The molecule has 26 heavy (non-hydrogen) atoms. The standard InChI is InChI=1S/C20H30FN3O2/c21-18-8-5-7-17(15-18)16-20(26)24-12-6-11-23(13-14-24)19(25)9-3-1-2-4-10-22/h5,7-8,15H,1-4,6,9-14,16,22H2. The zero-order chi connectivity index (χ0) is 18.8. The molecule has 2 rings (SSSR count). The van der Waals surface area contributed by atoms with Gasteiger partial charge in [0.2, 0.25) is 11.8 Å². The van der Waals surface area contributed by atoms with Crippen LogP contribution in [0.25, 0.3) is 0 Å². The molecule has 0 atom stereocenters. The number of hydrogen-bond donors (Lipinski definition) is 1. The van der Waals surface area contributed by atoms with Gasteiger partial charge in [-0.15, -0.1) is 0 Å². The van der Waals surface area contributed by atoms with E-state index >= 15 is 0 Å². The first-order valence-electron chi connectivity index (χ1n) is 9.60. The van der Waals surface area contributed by atoms with E-state index in [2.05, 4.69) is 0 Å². The first kappa shape index (κ1) is 20.4. The summed E-state index contributed by atoms with van der Waals surface area (Å²) in [5.41, 5.74) is 6.16. The Hall–Kier alpha value is -1.95. The molecule has 0 bridgehead atoms. The van der Waals surface area contributed by atoms with Crippen LogP contribution >= 0.6 is 0 Å². The molecule has 0 aliphatic carbocycles. The first-order valence-corrected chi connectivity index (χ1v) is 9.60. The number of unbranched alkanes of at least 4 members (excludes halogenated alkanes) is 3. The SMILES string of the molecule is NCCCCCCC(=O)N1CCCN(C(=O)Cc2cccc(F)c2)CC1. The van der Waals surface area contributed by atoms with Crippen LogP contribution in [0.5, 0.6) is 0 Å². The van der Waals surface area contributed by atoms with E-state index < -0.39 is 0 Å². The van der Waals surface area contributed by atoms with Gasteiger partial charge in [-0.1, -0.05) is 25.0 Å². The van der Waals surface area contributed by atoms with Crippen molar-refractivity contribution < 1.29 is 14.0 Å². The van der Waals surface area contributed by atoms with Gasteiger partial charge >= 0.3 is 0 Å². The molecule has 0 spiro atoms. The molecule has 0 unspecified atom stereocenters. The molecular weight excluding hydrogens is 333 g/mol. The Bertz CT molecular complexity index is 594. The third-order valence-electron chi connectivity index (χ3n) is 4.79. The lowest BCUT2D eigenvalue weighted by Gasteiger charge is -2.22. The number of nitrogens with zero attached hydrogens (tertiary/aromatic N) is 2. The highest BCUT2D eigenvalue weighted by molar-refractivity contribution is 5.79. The van der Waals surface area contributed by atoms with Gasteiger partial charge in [-0.3, -0.25) is 9.59 Å². The van der Waals surface area contributed by atoms with E-state index in [0.717, 1.165) is 32.1 Å². The van der Waals surface area contributed by atoms with Crippen molar-refractivity contribution in [1.82, 2.24) is 9.80 Å². The summed E-state index contributed by atoms with van der Waals surface area (Å²) in [6.07, 6.45) is 5.58. The molecule has 1 fully saturated rings. The van der Waals surface area contributed by atoms with Gasteiger partial charge < -0.3 is 15.5 Å². The predicted octanol–water partition coefficient (Wildman–Crippen LogP) is 2.34. The van der Waals surface area contributed by atoms with E-state index in [0.29, 0.717) is 44.7 Å². The minimum absolute atomic E-state index is 0.00770. The van der Waals surface area contributed by atoms with Crippen LogP contribution in [0, 0.1) is 5.82 Å². The normalized spacial score (nSPS) is 15.0. The molecule has 1 aliphatic rings. The summed E-state index contributed by atoms with van der Waals surface area (Å²) in [5, 5.41) is 0. The third-order valence-corrected chi connectivity index (χ3v) is 4.79. The molecule has 1 saturated heterocycles. The summed E-state index contributed by atoms with van der Waals surface area (Å²) < 4.78 is 13.3. The number of carbonyl (C=O) groups is 2. The minimum Gasteiger partial charge on any atom is -0.341 e. The number of carbonyl (C=O) groups excluding carboxylic acids is 2. The quantitative estimate of drug-likeness (QED) is 0.721. The first-order chi connectivity index (χ1) is 12.6. The predicted molar refractivity (Wildman–Crippen MR) is 100 cm³/mol. The van der Waals surface area contributed by atoms with Crippen molar-refractivity contribution in [2.24, 2.45) is 5.73 Å². The van der Waals surface area contributed by atoms with Gasteiger partial charge in [-0.2, -0.15) is 0 Å². The van der Waals surface area contributed by atoms with Crippen LogP contribution in [0.1, 0.15) is 44.1 Å². The van der Waals surface area contributed by atoms with Crippen molar-refractivity contribution in [3.63, 3.8) is 0 Å². The van der Waals surface area contributed by atoms with Gasteiger partial charge in [0.15, 0.2) is 0 Å². The Morgan fingerprint density at radius 1 is 0.962 bits per heavy atom. The number of benzene rings is 1. The molecule has 0 saturated carbocycles. The Labute approximate surface area is 155 Å². The zero-order valence-corrected chi connectivity index (χ0v) is 15.5. The Morgan fingerprint density at radius 3 is 2.35 bits per heavy atom. The number of halogens is 1. The van der Waals surface area contributed by atoms with Crippen LogP contribution in [0.3, 0.4) is 0 Å². The lowest BCUT2D eigenvalue weighted by Crippen LogP contribution is -2.37. The fourth-order valence-corrected chi connectivity index (χ4v) is 3.28. The van der Waals surface area contributed by atoms with Crippen molar-refractivity contribution in [3.8, 4) is 0 Å². The van der Waals surface area contributed by atoms with Crippen LogP contribution in [0.4, 0.5) is 4.39 Å². The van der Waals surface area contributed by atoms with E-state index in [1.54, 1.807) is 17.0 Å². The largest absolute Gasteiger partial charge is 0.341 e. The molecule has 144 valence electrons. The number of nitrogens with two attached hydrogens (primary N) is 1. The van der Waals surface area contributed by atoms with Crippen LogP contribution < -0.4 is 5.73 Å². The smallest absolute Gasteiger partial charge is 0.227 e. The van der Waals surface area contributed by atoms with E-state index in [1.165, 1.54) is 12.1 Å². The number of rotatable bonds is 8. The highest BCUT2D eigenvalue weighted by atomic mass is 19.1. The van der Waals surface area contributed by atoms with Gasteiger partial charge in [0.05, 0.1) is 6.42 Å². The fourth-order valence-electron chi connectivity index (χ4n) is 3.28. The second kappa shape index (κ2) is 10.9. The molecule has 0 aromatic heterocycles. The molecule has 0 radical (unpaired) electrons. The Balaban J connectivity index is 1.76. The molecular formula is C20H30FN3O2. The van der Waals surface area contributed by atoms with E-state index in [9.17, 15) is 14.0 Å². The van der Waals surface area contributed by atoms with Crippen molar-refractivity contribution in [2.75, 3.05) is 32.7 Å². The number of amides is 2. The average Bonchev–Trinajstić information content (AvgIpc) is 2.88. The van der Waals surface area contributed by atoms with Crippen molar-refractivity contribution in [3.05, 3.63) is 35.6 Å². The van der Waals surface area contributed by atoms with Crippen LogP contribution in [-0.2, 0) is 16.0 Å². The lowest BCUT2D eigenvalue weighted by atomic mass is 10.1. The van der Waals surface area contributed by atoms with Crippen LogP contribution in [0.15, 0.2) is 24.3 Å². The minimum atomic E-state index is -0.325. The second-order valence-corrected chi connectivity index (χ2v) is 6.87.